The summed E-state index contributed by atoms with van der Waals surface area (Å²) in [6.07, 6.45) is 0.519. The minimum atomic E-state index is -3.47. The van der Waals surface area contributed by atoms with Gasteiger partial charge in [0.25, 0.3) is 0 Å². The molecule has 0 atom stereocenters. The van der Waals surface area contributed by atoms with Crippen molar-refractivity contribution >= 4 is 10.0 Å². The molecule has 0 aromatic heterocycles. The monoisotopic (exact) mass is 240 g/mol. The molecule has 0 spiro atoms. The van der Waals surface area contributed by atoms with E-state index >= 15 is 0 Å². The highest BCUT2D eigenvalue weighted by molar-refractivity contribution is 7.89. The van der Waals surface area contributed by atoms with E-state index in [9.17, 15) is 8.42 Å². The Kier molecular flexibility index (Phi) is 4.28. The fourth-order valence-corrected chi connectivity index (χ4v) is 1.83. The number of benzene rings is 1. The quantitative estimate of drug-likeness (QED) is 0.778. The molecule has 0 unspecified atom stereocenters. The molecule has 86 valence electrons. The molecular weight excluding hydrogens is 228 g/mol. The summed E-state index contributed by atoms with van der Waals surface area (Å²) in [5.41, 5.74) is 0.914. The topological polar surface area (TPSA) is 90.2 Å². The number of hydrogen-bond acceptors (Lipinski definition) is 4. The van der Waals surface area contributed by atoms with Gasteiger partial charge in [0.1, 0.15) is 5.75 Å². The van der Waals surface area contributed by atoms with Crippen LogP contribution in [0.15, 0.2) is 24.3 Å². The van der Waals surface area contributed by atoms with Crippen molar-refractivity contribution in [1.82, 2.24) is 4.72 Å². The summed E-state index contributed by atoms with van der Waals surface area (Å²) in [6.45, 7) is 0.245. The Morgan fingerprint density at radius 2 is 1.94 bits per heavy atom. The van der Waals surface area contributed by atoms with Crippen molar-refractivity contribution in [3.63, 3.8) is 0 Å². The standard InChI is InChI=1S/C10H12N2O3S/c11-6-8-16(14,15)12-7-5-9-1-3-10(13)4-2-9/h1-4,12-13H,5,7-8H2. The molecule has 6 heteroatoms. The molecule has 0 amide bonds. The molecule has 1 aromatic carbocycles. The third-order valence-electron chi connectivity index (χ3n) is 1.93. The van der Waals surface area contributed by atoms with Gasteiger partial charge in [-0.1, -0.05) is 12.1 Å². The molecule has 1 rings (SSSR count). The van der Waals surface area contributed by atoms with E-state index in [1.807, 2.05) is 0 Å². The number of sulfonamides is 1. The number of hydrogen-bond donors (Lipinski definition) is 2. The van der Waals surface area contributed by atoms with Crippen molar-refractivity contribution in [3.8, 4) is 11.8 Å². The first-order valence-corrected chi connectivity index (χ1v) is 6.31. The second-order valence-electron chi connectivity index (χ2n) is 3.23. The molecule has 0 aliphatic rings. The number of phenols is 1. The molecular formula is C10H12N2O3S. The lowest BCUT2D eigenvalue weighted by Crippen LogP contribution is -2.27. The number of nitriles is 1. The van der Waals surface area contributed by atoms with Crippen LogP contribution in [-0.2, 0) is 16.4 Å². The molecule has 2 N–H and O–H groups in total. The van der Waals surface area contributed by atoms with Gasteiger partial charge in [-0.15, -0.1) is 0 Å². The molecule has 0 saturated heterocycles. The van der Waals surface area contributed by atoms with Crippen LogP contribution in [0.5, 0.6) is 5.75 Å². The molecule has 16 heavy (non-hydrogen) atoms. The highest BCUT2D eigenvalue weighted by Gasteiger charge is 2.07. The lowest BCUT2D eigenvalue weighted by Gasteiger charge is -2.03. The highest BCUT2D eigenvalue weighted by Crippen LogP contribution is 2.09. The van der Waals surface area contributed by atoms with Crippen LogP contribution in [0.1, 0.15) is 5.56 Å². The zero-order valence-corrected chi connectivity index (χ0v) is 9.37. The Labute approximate surface area is 94.4 Å². The van der Waals surface area contributed by atoms with Crippen LogP contribution in [0.25, 0.3) is 0 Å². The summed E-state index contributed by atoms with van der Waals surface area (Å²) in [4.78, 5) is 0. The van der Waals surface area contributed by atoms with Gasteiger partial charge in [0.05, 0.1) is 6.07 Å². The van der Waals surface area contributed by atoms with E-state index in [2.05, 4.69) is 4.72 Å². The maximum absolute atomic E-state index is 11.1. The maximum atomic E-state index is 11.1. The first-order chi connectivity index (χ1) is 7.53. The van der Waals surface area contributed by atoms with Crippen LogP contribution < -0.4 is 4.72 Å². The van der Waals surface area contributed by atoms with Gasteiger partial charge < -0.3 is 5.11 Å². The number of rotatable bonds is 5. The molecule has 1 aromatic rings. The highest BCUT2D eigenvalue weighted by atomic mass is 32.2. The van der Waals surface area contributed by atoms with E-state index in [0.717, 1.165) is 5.56 Å². The molecule has 0 aliphatic carbocycles. The molecule has 0 aliphatic heterocycles. The van der Waals surface area contributed by atoms with Gasteiger partial charge in [0, 0.05) is 6.54 Å². The second kappa shape index (κ2) is 5.49. The van der Waals surface area contributed by atoms with Crippen molar-refractivity contribution in [1.29, 1.82) is 5.26 Å². The van der Waals surface area contributed by atoms with E-state index in [1.54, 1.807) is 30.3 Å². The third-order valence-corrected chi connectivity index (χ3v) is 3.08. The van der Waals surface area contributed by atoms with Gasteiger partial charge in [0.15, 0.2) is 5.75 Å². The average molecular weight is 240 g/mol. The van der Waals surface area contributed by atoms with Crippen LogP contribution >= 0.6 is 0 Å². The number of nitrogens with zero attached hydrogens (tertiary/aromatic N) is 1. The van der Waals surface area contributed by atoms with E-state index in [4.69, 9.17) is 10.4 Å². The van der Waals surface area contributed by atoms with Crippen LogP contribution in [0.4, 0.5) is 0 Å². The lowest BCUT2D eigenvalue weighted by molar-refractivity contribution is 0.475. The Hall–Kier alpha value is -1.58. The lowest BCUT2D eigenvalue weighted by atomic mass is 10.1. The summed E-state index contributed by atoms with van der Waals surface area (Å²) < 4.78 is 24.5. The third kappa shape index (κ3) is 4.29. The summed E-state index contributed by atoms with van der Waals surface area (Å²) in [5.74, 6) is -0.350. The SMILES string of the molecule is N#CCS(=O)(=O)NCCc1ccc(O)cc1. The average Bonchev–Trinajstić information content (AvgIpc) is 2.20. The Morgan fingerprint density at radius 3 is 2.50 bits per heavy atom. The normalized spacial score (nSPS) is 10.9. The van der Waals surface area contributed by atoms with Crippen LogP contribution in [-0.4, -0.2) is 25.8 Å². The number of aromatic hydroxyl groups is 1. The largest absolute Gasteiger partial charge is 0.508 e. The zero-order valence-electron chi connectivity index (χ0n) is 8.55. The molecule has 0 bridgehead atoms. The molecule has 5 nitrogen and oxygen atoms in total. The first-order valence-electron chi connectivity index (χ1n) is 4.66. The van der Waals surface area contributed by atoms with Crippen molar-refractivity contribution in [2.75, 3.05) is 12.3 Å². The number of nitrogens with one attached hydrogen (secondary N) is 1. The summed E-state index contributed by atoms with van der Waals surface area (Å²) in [6, 6.07) is 8.09. The Bertz CT molecular complexity index is 474. The van der Waals surface area contributed by atoms with Crippen LogP contribution in [0.3, 0.4) is 0 Å². The van der Waals surface area contributed by atoms with E-state index in [0.29, 0.717) is 6.42 Å². The Balaban J connectivity index is 2.42. The fraction of sp³-hybridized carbons (Fsp3) is 0.300. The van der Waals surface area contributed by atoms with Gasteiger partial charge in [-0.25, -0.2) is 13.1 Å². The van der Waals surface area contributed by atoms with E-state index in [1.165, 1.54) is 0 Å². The molecule has 0 saturated carbocycles. The zero-order chi connectivity index (χ0) is 12.0. The van der Waals surface area contributed by atoms with E-state index in [-0.39, 0.29) is 12.3 Å². The predicted molar refractivity (Wildman–Crippen MR) is 59.2 cm³/mol. The number of phenolic OH excluding ortho intramolecular Hbond substituents is 1. The van der Waals surface area contributed by atoms with Gasteiger partial charge in [-0.2, -0.15) is 5.26 Å². The smallest absolute Gasteiger partial charge is 0.225 e. The molecule has 0 fully saturated rings. The van der Waals surface area contributed by atoms with Gasteiger partial charge in [0.2, 0.25) is 10.0 Å². The first kappa shape index (κ1) is 12.5. The van der Waals surface area contributed by atoms with Crippen molar-refractivity contribution < 1.29 is 13.5 Å². The van der Waals surface area contributed by atoms with Gasteiger partial charge >= 0.3 is 0 Å². The van der Waals surface area contributed by atoms with Crippen molar-refractivity contribution in [2.45, 2.75) is 6.42 Å². The molecule has 0 heterocycles. The van der Waals surface area contributed by atoms with Gasteiger partial charge in [-0.05, 0) is 24.1 Å². The van der Waals surface area contributed by atoms with Crippen molar-refractivity contribution in [3.05, 3.63) is 29.8 Å². The van der Waals surface area contributed by atoms with Gasteiger partial charge in [-0.3, -0.25) is 0 Å². The van der Waals surface area contributed by atoms with Crippen molar-refractivity contribution in [2.24, 2.45) is 0 Å². The van der Waals surface area contributed by atoms with Crippen LogP contribution in [0, 0.1) is 11.3 Å². The van der Waals surface area contributed by atoms with Crippen LogP contribution in [0.2, 0.25) is 0 Å². The molecule has 0 radical (unpaired) electrons. The summed E-state index contributed by atoms with van der Waals surface area (Å²) in [5, 5.41) is 17.3. The summed E-state index contributed by atoms with van der Waals surface area (Å²) in [7, 11) is -3.47. The minimum absolute atomic E-state index is 0.175. The predicted octanol–water partition coefficient (Wildman–Crippen LogP) is 0.378. The minimum Gasteiger partial charge on any atom is -0.508 e. The maximum Gasteiger partial charge on any atom is 0.225 e. The summed E-state index contributed by atoms with van der Waals surface area (Å²) >= 11 is 0. The van der Waals surface area contributed by atoms with E-state index < -0.39 is 15.8 Å². The second-order valence-corrected chi connectivity index (χ2v) is 5.03. The fourth-order valence-electron chi connectivity index (χ4n) is 1.15. The Morgan fingerprint density at radius 1 is 1.31 bits per heavy atom.